The summed E-state index contributed by atoms with van der Waals surface area (Å²) < 4.78 is 92.6. The third kappa shape index (κ3) is 3.92. The molecule has 1 aliphatic heterocycles. The van der Waals surface area contributed by atoms with E-state index in [-0.39, 0.29) is 10.6 Å². The van der Waals surface area contributed by atoms with Crippen LogP contribution in [0.25, 0.3) is 0 Å². The van der Waals surface area contributed by atoms with E-state index in [9.17, 15) is 30.9 Å². The fraction of sp³-hybridized carbons (Fsp3) is 0.333. The fourth-order valence-electron chi connectivity index (χ4n) is 3.26. The highest BCUT2D eigenvalue weighted by molar-refractivity contribution is 7.79. The van der Waals surface area contributed by atoms with Crippen molar-refractivity contribution in [2.75, 3.05) is 6.54 Å². The minimum atomic E-state index is -4.64. The van der Waals surface area contributed by atoms with Gasteiger partial charge in [0.1, 0.15) is 0 Å². The fourth-order valence-corrected chi connectivity index (χ4v) is 6.49. The van der Waals surface area contributed by atoms with Gasteiger partial charge in [0.2, 0.25) is 0 Å². The van der Waals surface area contributed by atoms with Crippen LogP contribution in [0.5, 0.6) is 0 Å². The maximum absolute atomic E-state index is 14.0. The molecule has 0 amide bonds. The third-order valence-electron chi connectivity index (χ3n) is 4.59. The van der Waals surface area contributed by atoms with Gasteiger partial charge in [0.15, 0.2) is 7.14 Å². The summed E-state index contributed by atoms with van der Waals surface area (Å²) in [5, 5.41) is 2.78. The van der Waals surface area contributed by atoms with Crippen molar-refractivity contribution in [3.63, 3.8) is 0 Å². The van der Waals surface area contributed by atoms with Gasteiger partial charge < -0.3 is 9.88 Å². The lowest BCUT2D eigenvalue weighted by atomic mass is 10.2. The van der Waals surface area contributed by atoms with Crippen molar-refractivity contribution in [1.29, 1.82) is 0 Å². The summed E-state index contributed by atoms with van der Waals surface area (Å²) in [7, 11) is -3.78. The van der Waals surface area contributed by atoms with Gasteiger partial charge in [0, 0.05) is 10.6 Å². The Hall–Kier alpha value is -1.79. The van der Waals surface area contributed by atoms with Crippen molar-refractivity contribution >= 4 is 17.8 Å². The Morgan fingerprint density at radius 1 is 0.852 bits per heavy atom. The summed E-state index contributed by atoms with van der Waals surface area (Å²) in [6.45, 7) is 0.507. The highest BCUT2D eigenvalue weighted by Gasteiger charge is 2.41. The van der Waals surface area contributed by atoms with E-state index in [2.05, 4.69) is 5.32 Å². The number of nitrogens with one attached hydrogen (secondary N) is 1. The van der Waals surface area contributed by atoms with E-state index in [1.165, 1.54) is 12.1 Å². The van der Waals surface area contributed by atoms with Gasteiger partial charge in [-0.25, -0.2) is 0 Å². The molecule has 2 aromatic carbocycles. The van der Waals surface area contributed by atoms with Gasteiger partial charge in [-0.2, -0.15) is 26.3 Å². The summed E-state index contributed by atoms with van der Waals surface area (Å²) in [6, 6.07) is 8.10. The SMILES string of the molecule is O=P(c1cccc(C(F)(F)F)c1)(c1cccc(C(F)(F)F)c1)C1CCCN1. The van der Waals surface area contributed by atoms with Crippen LogP contribution < -0.4 is 15.9 Å². The largest absolute Gasteiger partial charge is 0.416 e. The molecule has 3 rings (SSSR count). The molecule has 0 radical (unpaired) electrons. The Morgan fingerprint density at radius 3 is 1.70 bits per heavy atom. The van der Waals surface area contributed by atoms with Crippen molar-refractivity contribution in [3.8, 4) is 0 Å². The molecule has 2 aromatic rings. The average molecular weight is 407 g/mol. The van der Waals surface area contributed by atoms with Gasteiger partial charge in [-0.15, -0.1) is 0 Å². The summed E-state index contributed by atoms with van der Waals surface area (Å²) in [4.78, 5) is 0. The molecule has 1 unspecified atom stereocenters. The maximum atomic E-state index is 14.0. The molecule has 2 nitrogen and oxygen atoms in total. The van der Waals surface area contributed by atoms with Crippen molar-refractivity contribution in [1.82, 2.24) is 5.32 Å². The smallest absolute Gasteiger partial charge is 0.312 e. The molecular formula is C18H16F6NOP. The Bertz CT molecular complexity index is 809. The standard InChI is InChI=1S/C18H16F6NOP/c19-17(20,21)12-4-1-6-14(10-12)27(26,16-8-3-9-25-16)15-7-2-5-13(11-15)18(22,23)24/h1-2,4-7,10-11,16,25H,3,8-9H2. The molecule has 1 fully saturated rings. The number of hydrogen-bond acceptors (Lipinski definition) is 2. The van der Waals surface area contributed by atoms with Crippen molar-refractivity contribution in [2.45, 2.75) is 31.0 Å². The lowest BCUT2D eigenvalue weighted by Gasteiger charge is -2.27. The Labute approximate surface area is 152 Å². The summed E-state index contributed by atoms with van der Waals surface area (Å²) in [5.74, 6) is -0.704. The molecule has 1 N–H and O–H groups in total. The van der Waals surface area contributed by atoms with E-state index in [0.29, 0.717) is 19.4 Å². The average Bonchev–Trinajstić information content (AvgIpc) is 3.15. The third-order valence-corrected chi connectivity index (χ3v) is 8.00. The van der Waals surface area contributed by atoms with Crippen LogP contribution in [0.15, 0.2) is 48.5 Å². The van der Waals surface area contributed by atoms with Gasteiger partial charge in [-0.05, 0) is 43.7 Å². The molecular weight excluding hydrogens is 391 g/mol. The lowest BCUT2D eigenvalue weighted by molar-refractivity contribution is -0.138. The van der Waals surface area contributed by atoms with Gasteiger partial charge in [0.25, 0.3) is 0 Å². The van der Waals surface area contributed by atoms with Crippen LogP contribution in [-0.2, 0) is 16.9 Å². The Balaban J connectivity index is 2.19. The molecule has 9 heteroatoms. The zero-order valence-electron chi connectivity index (χ0n) is 13.9. The molecule has 0 bridgehead atoms. The minimum absolute atomic E-state index is 0.101. The van der Waals surface area contributed by atoms with Crippen molar-refractivity contribution in [2.24, 2.45) is 0 Å². The van der Waals surface area contributed by atoms with Crippen molar-refractivity contribution in [3.05, 3.63) is 59.7 Å². The Morgan fingerprint density at radius 2 is 1.33 bits per heavy atom. The molecule has 0 saturated carbocycles. The molecule has 1 atom stereocenters. The molecule has 1 aliphatic rings. The number of benzene rings is 2. The molecule has 1 saturated heterocycles. The molecule has 0 spiro atoms. The minimum Gasteiger partial charge on any atom is -0.312 e. The van der Waals surface area contributed by atoms with E-state index in [4.69, 9.17) is 0 Å². The highest BCUT2D eigenvalue weighted by Crippen LogP contribution is 2.51. The van der Waals surface area contributed by atoms with E-state index < -0.39 is 36.4 Å². The van der Waals surface area contributed by atoms with Crippen LogP contribution in [0.4, 0.5) is 26.3 Å². The Kier molecular flexibility index (Phi) is 5.16. The van der Waals surface area contributed by atoms with Gasteiger partial charge >= 0.3 is 12.4 Å². The van der Waals surface area contributed by atoms with Gasteiger partial charge in [-0.3, -0.25) is 0 Å². The first-order chi connectivity index (χ1) is 12.5. The number of rotatable bonds is 3. The maximum Gasteiger partial charge on any atom is 0.416 e. The predicted molar refractivity (Wildman–Crippen MR) is 90.8 cm³/mol. The van der Waals surface area contributed by atoms with E-state index in [1.807, 2.05) is 0 Å². The van der Waals surface area contributed by atoms with E-state index >= 15 is 0 Å². The summed E-state index contributed by atoms with van der Waals surface area (Å²) in [5.41, 5.74) is -1.96. The summed E-state index contributed by atoms with van der Waals surface area (Å²) in [6.07, 6.45) is -8.23. The predicted octanol–water partition coefficient (Wildman–Crippen LogP) is 4.75. The van der Waals surface area contributed by atoms with Crippen LogP contribution in [0, 0.1) is 0 Å². The van der Waals surface area contributed by atoms with Crippen molar-refractivity contribution < 1.29 is 30.9 Å². The second kappa shape index (κ2) is 6.99. The van der Waals surface area contributed by atoms with Gasteiger partial charge in [0.05, 0.1) is 16.9 Å². The van der Waals surface area contributed by atoms with Gasteiger partial charge in [-0.1, -0.05) is 24.3 Å². The molecule has 146 valence electrons. The monoisotopic (exact) mass is 407 g/mol. The second-order valence-corrected chi connectivity index (χ2v) is 9.34. The highest BCUT2D eigenvalue weighted by atomic mass is 31.2. The van der Waals surface area contributed by atoms with Crippen LogP contribution in [0.1, 0.15) is 24.0 Å². The molecule has 27 heavy (non-hydrogen) atoms. The summed E-state index contributed by atoms with van der Waals surface area (Å²) >= 11 is 0. The number of alkyl halides is 6. The number of hydrogen-bond donors (Lipinski definition) is 1. The van der Waals surface area contributed by atoms with Crippen LogP contribution >= 0.6 is 7.14 Å². The normalized spacial score (nSPS) is 18.7. The van der Waals surface area contributed by atoms with E-state index in [1.54, 1.807) is 0 Å². The van der Waals surface area contributed by atoms with Crippen LogP contribution in [0.2, 0.25) is 0 Å². The molecule has 0 aromatic heterocycles. The lowest BCUT2D eigenvalue weighted by Crippen LogP contribution is -2.33. The molecule has 1 heterocycles. The number of halogens is 6. The molecule has 0 aliphatic carbocycles. The topological polar surface area (TPSA) is 29.1 Å². The van der Waals surface area contributed by atoms with Crippen LogP contribution in [-0.4, -0.2) is 12.3 Å². The first-order valence-electron chi connectivity index (χ1n) is 8.22. The zero-order chi connectivity index (χ0) is 19.9. The zero-order valence-corrected chi connectivity index (χ0v) is 14.8. The second-order valence-electron chi connectivity index (χ2n) is 6.37. The van der Waals surface area contributed by atoms with Crippen LogP contribution in [0.3, 0.4) is 0 Å². The van der Waals surface area contributed by atoms with E-state index in [0.717, 1.165) is 36.4 Å². The quantitative estimate of drug-likeness (QED) is 0.588. The first-order valence-corrected chi connectivity index (χ1v) is 9.99. The first kappa shape index (κ1) is 20.0.